The summed E-state index contributed by atoms with van der Waals surface area (Å²) < 4.78 is 44.3. The summed E-state index contributed by atoms with van der Waals surface area (Å²) in [7, 11) is -2.41. The number of carbonyl (C=O) groups is 1. The molecule has 1 saturated carbocycles. The highest BCUT2D eigenvalue weighted by atomic mass is 32.2. The quantitative estimate of drug-likeness (QED) is 0.595. The van der Waals surface area contributed by atoms with Gasteiger partial charge in [-0.25, -0.2) is 13.1 Å². The van der Waals surface area contributed by atoms with E-state index in [4.69, 9.17) is 14.2 Å². The Morgan fingerprint density at radius 3 is 2.37 bits per heavy atom. The van der Waals surface area contributed by atoms with Crippen LogP contribution < -0.4 is 24.2 Å². The molecule has 0 bridgehead atoms. The fourth-order valence-electron chi connectivity index (χ4n) is 2.85. The fraction of sp³-hybridized carbons (Fsp3) is 0.381. The second-order valence-corrected chi connectivity index (χ2v) is 8.42. The molecule has 30 heavy (non-hydrogen) atoms. The van der Waals surface area contributed by atoms with E-state index >= 15 is 0 Å². The first-order valence-electron chi connectivity index (χ1n) is 9.79. The minimum Gasteiger partial charge on any atom is -0.495 e. The van der Waals surface area contributed by atoms with Crippen LogP contribution in [0.2, 0.25) is 0 Å². The second kappa shape index (κ2) is 9.36. The van der Waals surface area contributed by atoms with Crippen molar-refractivity contribution < 1.29 is 27.4 Å². The number of carbonyl (C=O) groups excluding carboxylic acids is 1. The van der Waals surface area contributed by atoms with E-state index in [1.54, 1.807) is 18.2 Å². The molecular formula is C21H26N2O6S. The maximum Gasteiger partial charge on any atom is 0.255 e. The van der Waals surface area contributed by atoms with Crippen LogP contribution in [0.5, 0.6) is 17.2 Å². The molecule has 0 spiro atoms. The summed E-state index contributed by atoms with van der Waals surface area (Å²) in [5.74, 6) is 0.775. The zero-order valence-electron chi connectivity index (χ0n) is 17.2. The molecule has 9 heteroatoms. The molecule has 2 N–H and O–H groups in total. The summed E-state index contributed by atoms with van der Waals surface area (Å²) >= 11 is 0. The molecule has 2 aromatic carbocycles. The van der Waals surface area contributed by atoms with E-state index in [9.17, 15) is 13.2 Å². The minimum absolute atomic E-state index is 0.0627. The summed E-state index contributed by atoms with van der Waals surface area (Å²) in [4.78, 5) is 12.8. The maximum atomic E-state index is 12.9. The van der Waals surface area contributed by atoms with Crippen LogP contribution in [0.4, 0.5) is 5.69 Å². The van der Waals surface area contributed by atoms with Gasteiger partial charge in [-0.1, -0.05) is 0 Å². The second-order valence-electron chi connectivity index (χ2n) is 6.74. The Bertz CT molecular complexity index is 1020. The van der Waals surface area contributed by atoms with Crippen molar-refractivity contribution in [1.82, 2.24) is 4.72 Å². The number of ether oxygens (including phenoxy) is 3. The Kier molecular flexibility index (Phi) is 6.84. The molecule has 0 aliphatic heterocycles. The Balaban J connectivity index is 1.90. The molecule has 1 fully saturated rings. The average Bonchev–Trinajstić information content (AvgIpc) is 3.53. The van der Waals surface area contributed by atoms with Crippen molar-refractivity contribution in [2.24, 2.45) is 0 Å². The number of amides is 1. The number of methoxy groups -OCH3 is 1. The van der Waals surface area contributed by atoms with Crippen LogP contribution in [-0.4, -0.2) is 40.7 Å². The third kappa shape index (κ3) is 5.22. The molecule has 0 radical (unpaired) electrons. The molecule has 3 rings (SSSR count). The fourth-order valence-corrected chi connectivity index (χ4v) is 4.35. The zero-order valence-corrected chi connectivity index (χ0v) is 18.0. The van der Waals surface area contributed by atoms with E-state index < -0.39 is 15.9 Å². The zero-order chi connectivity index (χ0) is 21.7. The van der Waals surface area contributed by atoms with Gasteiger partial charge in [-0.2, -0.15) is 0 Å². The smallest absolute Gasteiger partial charge is 0.255 e. The lowest BCUT2D eigenvalue weighted by Crippen LogP contribution is -2.26. The monoisotopic (exact) mass is 434 g/mol. The number of hydrogen-bond acceptors (Lipinski definition) is 6. The van der Waals surface area contributed by atoms with Gasteiger partial charge >= 0.3 is 0 Å². The van der Waals surface area contributed by atoms with Crippen molar-refractivity contribution in [3.63, 3.8) is 0 Å². The van der Waals surface area contributed by atoms with Gasteiger partial charge in [0.1, 0.15) is 22.1 Å². The third-order valence-corrected chi connectivity index (χ3v) is 5.97. The van der Waals surface area contributed by atoms with Gasteiger partial charge < -0.3 is 19.5 Å². The molecule has 8 nitrogen and oxygen atoms in total. The normalized spacial score (nSPS) is 13.6. The number of sulfonamides is 1. The lowest BCUT2D eigenvalue weighted by atomic mass is 10.2. The third-order valence-electron chi connectivity index (χ3n) is 4.42. The molecule has 0 unspecified atom stereocenters. The number of benzene rings is 2. The van der Waals surface area contributed by atoms with Crippen LogP contribution in [0.15, 0.2) is 41.3 Å². The molecule has 0 aromatic heterocycles. The number of anilines is 1. The van der Waals surface area contributed by atoms with E-state index in [0.717, 1.165) is 12.8 Å². The molecule has 1 amide bonds. The summed E-state index contributed by atoms with van der Waals surface area (Å²) in [6.45, 7) is 4.61. The van der Waals surface area contributed by atoms with Crippen LogP contribution >= 0.6 is 0 Å². The van der Waals surface area contributed by atoms with Crippen molar-refractivity contribution >= 4 is 21.6 Å². The van der Waals surface area contributed by atoms with Crippen molar-refractivity contribution in [3.05, 3.63) is 42.0 Å². The standard InChI is InChI=1S/C21H26N2O6S/c1-4-28-16-9-11-18(29-5-2)17(13-16)22-21(24)14-6-10-19(27-3)20(12-14)30(25,26)23-15-7-8-15/h6,9-13,15,23H,4-5,7-8H2,1-3H3,(H,22,24). The molecule has 0 atom stereocenters. The van der Waals surface area contributed by atoms with Gasteiger partial charge in [0.25, 0.3) is 5.91 Å². The summed E-state index contributed by atoms with van der Waals surface area (Å²) in [6, 6.07) is 9.37. The molecule has 162 valence electrons. The molecule has 1 aliphatic rings. The Hall–Kier alpha value is -2.78. The van der Waals surface area contributed by atoms with Gasteiger partial charge in [-0.3, -0.25) is 4.79 Å². The SMILES string of the molecule is CCOc1ccc(OCC)c(NC(=O)c2ccc(OC)c(S(=O)(=O)NC3CC3)c2)c1. The first-order chi connectivity index (χ1) is 14.4. The topological polar surface area (TPSA) is 103 Å². The van der Waals surface area contributed by atoms with Crippen LogP contribution in [0.1, 0.15) is 37.0 Å². The minimum atomic E-state index is -3.80. The van der Waals surface area contributed by atoms with E-state index in [1.165, 1.54) is 25.3 Å². The van der Waals surface area contributed by atoms with Gasteiger partial charge in [-0.15, -0.1) is 0 Å². The molecular weight excluding hydrogens is 408 g/mol. The Labute approximate surface area is 176 Å². The summed E-state index contributed by atoms with van der Waals surface area (Å²) in [6.07, 6.45) is 1.61. The van der Waals surface area contributed by atoms with Gasteiger partial charge in [0.2, 0.25) is 10.0 Å². The molecule has 1 aliphatic carbocycles. The highest BCUT2D eigenvalue weighted by molar-refractivity contribution is 7.89. The van der Waals surface area contributed by atoms with Crippen LogP contribution in [0, 0.1) is 0 Å². The van der Waals surface area contributed by atoms with E-state index in [0.29, 0.717) is 30.4 Å². The summed E-state index contributed by atoms with van der Waals surface area (Å²) in [5.41, 5.74) is 0.611. The van der Waals surface area contributed by atoms with E-state index in [-0.39, 0.29) is 22.3 Å². The Morgan fingerprint density at radius 2 is 1.73 bits per heavy atom. The average molecular weight is 435 g/mol. The maximum absolute atomic E-state index is 12.9. The first kappa shape index (κ1) is 21.9. The number of rotatable bonds is 10. The van der Waals surface area contributed by atoms with Gasteiger partial charge in [0, 0.05) is 17.7 Å². The van der Waals surface area contributed by atoms with E-state index in [2.05, 4.69) is 10.0 Å². The number of nitrogens with one attached hydrogen (secondary N) is 2. The first-order valence-corrected chi connectivity index (χ1v) is 11.3. The van der Waals surface area contributed by atoms with Crippen molar-refractivity contribution in [1.29, 1.82) is 0 Å². The van der Waals surface area contributed by atoms with Crippen molar-refractivity contribution in [2.45, 2.75) is 37.6 Å². The lowest BCUT2D eigenvalue weighted by molar-refractivity contribution is 0.102. The molecule has 0 heterocycles. The predicted molar refractivity (Wildman–Crippen MR) is 113 cm³/mol. The van der Waals surface area contributed by atoms with Crippen LogP contribution in [0.25, 0.3) is 0 Å². The van der Waals surface area contributed by atoms with Crippen molar-refractivity contribution in [2.75, 3.05) is 25.6 Å². The van der Waals surface area contributed by atoms with Gasteiger partial charge in [0.15, 0.2) is 0 Å². The molecule has 2 aromatic rings. The molecule has 0 saturated heterocycles. The summed E-state index contributed by atoms with van der Waals surface area (Å²) in [5, 5.41) is 2.78. The largest absolute Gasteiger partial charge is 0.495 e. The van der Waals surface area contributed by atoms with Gasteiger partial charge in [0.05, 0.1) is 26.0 Å². The van der Waals surface area contributed by atoms with E-state index in [1.807, 2.05) is 13.8 Å². The van der Waals surface area contributed by atoms with Crippen LogP contribution in [-0.2, 0) is 10.0 Å². The van der Waals surface area contributed by atoms with Gasteiger partial charge in [-0.05, 0) is 57.0 Å². The predicted octanol–water partition coefficient (Wildman–Crippen LogP) is 3.19. The highest BCUT2D eigenvalue weighted by Gasteiger charge is 2.30. The Morgan fingerprint density at radius 1 is 1.03 bits per heavy atom. The lowest BCUT2D eigenvalue weighted by Gasteiger charge is -2.15. The van der Waals surface area contributed by atoms with Crippen molar-refractivity contribution in [3.8, 4) is 17.2 Å². The highest BCUT2D eigenvalue weighted by Crippen LogP contribution is 2.31. The van der Waals surface area contributed by atoms with Crippen LogP contribution in [0.3, 0.4) is 0 Å². The number of hydrogen-bond donors (Lipinski definition) is 2.